The second-order valence-corrected chi connectivity index (χ2v) is 8.45. The van der Waals surface area contributed by atoms with Crippen molar-refractivity contribution in [2.24, 2.45) is 5.92 Å². The lowest BCUT2D eigenvalue weighted by Crippen LogP contribution is -2.54. The molecule has 2 heterocycles. The number of hydrogen-bond acceptors (Lipinski definition) is 5. The summed E-state index contributed by atoms with van der Waals surface area (Å²) in [7, 11) is 0. The summed E-state index contributed by atoms with van der Waals surface area (Å²) in [6.07, 6.45) is 1.89. The molecule has 1 unspecified atom stereocenters. The van der Waals surface area contributed by atoms with E-state index in [4.69, 9.17) is 9.47 Å². The van der Waals surface area contributed by atoms with Crippen LogP contribution in [0.15, 0.2) is 42.5 Å². The summed E-state index contributed by atoms with van der Waals surface area (Å²) in [5, 5.41) is 5.77. The summed E-state index contributed by atoms with van der Waals surface area (Å²) in [6, 6.07) is 9.64. The Morgan fingerprint density at radius 3 is 2.41 bits per heavy atom. The van der Waals surface area contributed by atoms with Gasteiger partial charge in [-0.3, -0.25) is 14.4 Å². The molecule has 3 amide bonds. The van der Waals surface area contributed by atoms with Crippen LogP contribution in [-0.2, 0) is 4.79 Å². The predicted molar refractivity (Wildman–Crippen MR) is 122 cm³/mol. The molecule has 0 aromatic heterocycles. The molecule has 2 N–H and O–H groups in total. The minimum absolute atomic E-state index is 0.109. The van der Waals surface area contributed by atoms with E-state index in [0.29, 0.717) is 55.1 Å². The van der Waals surface area contributed by atoms with Gasteiger partial charge < -0.3 is 25.0 Å². The smallest absolute Gasteiger partial charge is 0.253 e. The molecule has 0 bridgehead atoms. The van der Waals surface area contributed by atoms with Gasteiger partial charge in [-0.1, -0.05) is 6.92 Å². The molecule has 9 heteroatoms. The Morgan fingerprint density at radius 1 is 1.03 bits per heavy atom. The Morgan fingerprint density at radius 2 is 1.71 bits per heavy atom. The third-order valence-electron chi connectivity index (χ3n) is 6.14. The largest absolute Gasteiger partial charge is 0.454 e. The van der Waals surface area contributed by atoms with E-state index >= 15 is 0 Å². The summed E-state index contributed by atoms with van der Waals surface area (Å²) in [5.74, 6) is -0.241. The van der Waals surface area contributed by atoms with Crippen LogP contribution in [0.5, 0.6) is 11.5 Å². The van der Waals surface area contributed by atoms with Crippen molar-refractivity contribution >= 4 is 17.7 Å². The number of rotatable bonds is 7. The van der Waals surface area contributed by atoms with E-state index in [0.717, 1.165) is 6.42 Å². The van der Waals surface area contributed by atoms with Crippen molar-refractivity contribution in [1.29, 1.82) is 0 Å². The van der Waals surface area contributed by atoms with Crippen LogP contribution in [0.4, 0.5) is 4.39 Å². The molecular weight excluding hydrogens is 441 g/mol. The minimum Gasteiger partial charge on any atom is -0.454 e. The lowest BCUT2D eigenvalue weighted by Gasteiger charge is -2.36. The molecule has 0 radical (unpaired) electrons. The van der Waals surface area contributed by atoms with Crippen LogP contribution < -0.4 is 20.1 Å². The predicted octanol–water partition coefficient (Wildman–Crippen LogP) is 2.73. The van der Waals surface area contributed by atoms with Crippen molar-refractivity contribution < 1.29 is 28.2 Å². The number of hydrogen-bond donors (Lipinski definition) is 2. The van der Waals surface area contributed by atoms with E-state index in [-0.39, 0.29) is 30.4 Å². The van der Waals surface area contributed by atoms with Crippen LogP contribution >= 0.6 is 0 Å². The van der Waals surface area contributed by atoms with Gasteiger partial charge in [0.2, 0.25) is 12.7 Å². The number of likely N-dealkylation sites (tertiary alicyclic amines) is 1. The van der Waals surface area contributed by atoms with Gasteiger partial charge in [-0.25, -0.2) is 4.39 Å². The standard InChI is InChI=1S/C25H28FN3O5/c1-2-11-27-24(31)22(28-23(30)18-5-8-20-21(14-18)34-15-33-20)16-9-12-29(13-10-16)25(32)17-3-6-19(26)7-4-17/h3-8,14,16,22H,2,9-13,15H2,1H3,(H,27,31)(H,28,30). The number of ether oxygens (including phenoxy) is 2. The molecule has 34 heavy (non-hydrogen) atoms. The number of fused-ring (bicyclic) bond motifs is 1. The lowest BCUT2D eigenvalue weighted by atomic mass is 9.88. The molecule has 0 saturated carbocycles. The molecule has 0 spiro atoms. The maximum Gasteiger partial charge on any atom is 0.253 e. The summed E-state index contributed by atoms with van der Waals surface area (Å²) in [6.45, 7) is 3.46. The Bertz CT molecular complexity index is 1050. The summed E-state index contributed by atoms with van der Waals surface area (Å²) < 4.78 is 23.8. The fourth-order valence-electron chi connectivity index (χ4n) is 4.23. The Kier molecular flexibility index (Phi) is 7.30. The Labute approximate surface area is 197 Å². The fraction of sp³-hybridized carbons (Fsp3) is 0.400. The van der Waals surface area contributed by atoms with Crippen LogP contribution in [0.3, 0.4) is 0 Å². The van der Waals surface area contributed by atoms with E-state index in [1.54, 1.807) is 23.1 Å². The first-order chi connectivity index (χ1) is 16.5. The van der Waals surface area contributed by atoms with E-state index in [1.807, 2.05) is 6.92 Å². The van der Waals surface area contributed by atoms with Crippen molar-refractivity contribution in [2.45, 2.75) is 32.2 Å². The first-order valence-corrected chi connectivity index (χ1v) is 11.5. The fourth-order valence-corrected chi connectivity index (χ4v) is 4.23. The lowest BCUT2D eigenvalue weighted by molar-refractivity contribution is -0.124. The molecule has 1 fully saturated rings. The zero-order chi connectivity index (χ0) is 24.1. The molecular formula is C25H28FN3O5. The highest BCUT2D eigenvalue weighted by molar-refractivity contribution is 5.98. The first-order valence-electron chi connectivity index (χ1n) is 11.5. The average Bonchev–Trinajstić information content (AvgIpc) is 3.34. The van der Waals surface area contributed by atoms with Crippen molar-refractivity contribution in [3.63, 3.8) is 0 Å². The zero-order valence-electron chi connectivity index (χ0n) is 19.0. The maximum atomic E-state index is 13.2. The number of nitrogens with zero attached hydrogens (tertiary/aromatic N) is 1. The molecule has 1 saturated heterocycles. The van der Waals surface area contributed by atoms with Gasteiger partial charge in [-0.15, -0.1) is 0 Å². The monoisotopic (exact) mass is 469 g/mol. The van der Waals surface area contributed by atoms with Gasteiger partial charge in [0, 0.05) is 30.8 Å². The SMILES string of the molecule is CCCNC(=O)C(NC(=O)c1ccc2c(c1)OCO2)C1CCN(C(=O)c2ccc(F)cc2)CC1. The van der Waals surface area contributed by atoms with E-state index in [2.05, 4.69) is 10.6 Å². The zero-order valence-corrected chi connectivity index (χ0v) is 19.0. The number of benzene rings is 2. The number of amides is 3. The number of nitrogens with one attached hydrogen (secondary N) is 2. The Balaban J connectivity index is 1.42. The van der Waals surface area contributed by atoms with Gasteiger partial charge in [0.15, 0.2) is 11.5 Å². The average molecular weight is 470 g/mol. The van der Waals surface area contributed by atoms with E-state index < -0.39 is 11.9 Å². The third kappa shape index (κ3) is 5.30. The third-order valence-corrected chi connectivity index (χ3v) is 6.14. The minimum atomic E-state index is -0.729. The van der Waals surface area contributed by atoms with Gasteiger partial charge in [-0.2, -0.15) is 0 Å². The highest BCUT2D eigenvalue weighted by atomic mass is 19.1. The van der Waals surface area contributed by atoms with Gasteiger partial charge >= 0.3 is 0 Å². The molecule has 2 aromatic carbocycles. The topological polar surface area (TPSA) is 97.0 Å². The van der Waals surface area contributed by atoms with Crippen LogP contribution in [0.25, 0.3) is 0 Å². The molecule has 8 nitrogen and oxygen atoms in total. The van der Waals surface area contributed by atoms with Crippen molar-refractivity contribution in [2.75, 3.05) is 26.4 Å². The highest BCUT2D eigenvalue weighted by Crippen LogP contribution is 2.32. The van der Waals surface area contributed by atoms with Gasteiger partial charge in [0.1, 0.15) is 11.9 Å². The maximum absolute atomic E-state index is 13.2. The summed E-state index contributed by atoms with van der Waals surface area (Å²) >= 11 is 0. The second kappa shape index (κ2) is 10.5. The molecule has 2 aliphatic rings. The highest BCUT2D eigenvalue weighted by Gasteiger charge is 2.34. The molecule has 0 aliphatic carbocycles. The summed E-state index contributed by atoms with van der Waals surface area (Å²) in [5.41, 5.74) is 0.801. The van der Waals surface area contributed by atoms with Crippen molar-refractivity contribution in [1.82, 2.24) is 15.5 Å². The molecule has 180 valence electrons. The van der Waals surface area contributed by atoms with Gasteiger partial charge in [0.05, 0.1) is 0 Å². The Hall–Kier alpha value is -3.62. The second-order valence-electron chi connectivity index (χ2n) is 8.45. The van der Waals surface area contributed by atoms with E-state index in [1.165, 1.54) is 24.3 Å². The van der Waals surface area contributed by atoms with Gasteiger partial charge in [-0.05, 0) is 67.6 Å². The molecule has 1 atom stereocenters. The van der Waals surface area contributed by atoms with Crippen LogP contribution in [0.2, 0.25) is 0 Å². The number of piperidine rings is 1. The van der Waals surface area contributed by atoms with Crippen molar-refractivity contribution in [3.8, 4) is 11.5 Å². The molecule has 2 aromatic rings. The summed E-state index contributed by atoms with van der Waals surface area (Å²) in [4.78, 5) is 40.4. The number of carbonyl (C=O) groups excluding carboxylic acids is 3. The normalized spacial score (nSPS) is 16.1. The number of carbonyl (C=O) groups is 3. The molecule has 4 rings (SSSR count). The molecule has 2 aliphatic heterocycles. The van der Waals surface area contributed by atoms with Crippen molar-refractivity contribution in [3.05, 3.63) is 59.4 Å². The van der Waals surface area contributed by atoms with Crippen LogP contribution in [0, 0.1) is 11.7 Å². The van der Waals surface area contributed by atoms with Crippen LogP contribution in [0.1, 0.15) is 46.9 Å². The first kappa shape index (κ1) is 23.5. The van der Waals surface area contributed by atoms with Crippen LogP contribution in [-0.4, -0.2) is 55.1 Å². The van der Waals surface area contributed by atoms with Gasteiger partial charge in [0.25, 0.3) is 11.8 Å². The van der Waals surface area contributed by atoms with E-state index in [9.17, 15) is 18.8 Å². The quantitative estimate of drug-likeness (QED) is 0.650. The number of halogens is 1.